The fraction of sp³-hybridized carbons (Fsp3) is 0. The van der Waals surface area contributed by atoms with Gasteiger partial charge in [-0.05, 0) is 0 Å². The summed E-state index contributed by atoms with van der Waals surface area (Å²) in [6.07, 6.45) is 0. The van der Waals surface area contributed by atoms with Crippen LogP contribution in [0.3, 0.4) is 0 Å². The molecule has 0 saturated carbocycles. The van der Waals surface area contributed by atoms with E-state index in [0.29, 0.717) is 0 Å². The summed E-state index contributed by atoms with van der Waals surface area (Å²) in [5, 5.41) is 0. The zero-order chi connectivity index (χ0) is 9.00. The van der Waals surface area contributed by atoms with E-state index in [9.17, 15) is 0 Å². The molecule has 12 heteroatoms. The van der Waals surface area contributed by atoms with Gasteiger partial charge >= 0.3 is 54.5 Å². The topological polar surface area (TPSA) is 161 Å². The normalized spacial score (nSPS) is 9.67. The van der Waals surface area contributed by atoms with Gasteiger partial charge in [0.25, 0.3) is 0 Å². The standard InChI is InChI=1S/La.Li.2H2O4S/c;;2*1-5(2,3)4/h;;2*(H2,1,2,3,4)/q+3;+1;;/p-4. The summed E-state index contributed by atoms with van der Waals surface area (Å²) in [6, 6.07) is 0. The molecule has 0 aromatic heterocycles. The van der Waals surface area contributed by atoms with E-state index < -0.39 is 20.8 Å². The van der Waals surface area contributed by atoms with Crippen LogP contribution in [-0.2, 0) is 20.8 Å². The average Bonchev–Trinajstić information content (AvgIpc) is 1.12. The van der Waals surface area contributed by atoms with Crippen molar-refractivity contribution >= 4 is 20.8 Å². The fourth-order valence-corrected chi connectivity index (χ4v) is 0. The van der Waals surface area contributed by atoms with Crippen LogP contribution in [0.4, 0.5) is 0 Å². The Balaban J connectivity index is -0.0000000457. The van der Waals surface area contributed by atoms with E-state index in [-0.39, 0.29) is 54.5 Å². The fourth-order valence-electron chi connectivity index (χ4n) is 0. The van der Waals surface area contributed by atoms with Crippen LogP contribution in [0.25, 0.3) is 0 Å². The van der Waals surface area contributed by atoms with Gasteiger partial charge in [-0.25, -0.2) is 0 Å². The molecular weight excluding hydrogens is 338 g/mol. The molecule has 0 heterocycles. The summed E-state index contributed by atoms with van der Waals surface area (Å²) in [6.45, 7) is 0. The van der Waals surface area contributed by atoms with Crippen LogP contribution in [0, 0.1) is 35.6 Å². The van der Waals surface area contributed by atoms with Gasteiger partial charge in [0.05, 0.1) is 0 Å². The van der Waals surface area contributed by atoms with Gasteiger partial charge in [0, 0.05) is 20.8 Å². The van der Waals surface area contributed by atoms with Gasteiger partial charge in [-0.15, -0.1) is 0 Å². The van der Waals surface area contributed by atoms with Crippen molar-refractivity contribution in [3.8, 4) is 0 Å². The Bertz CT molecular complexity index is 213. The van der Waals surface area contributed by atoms with E-state index in [1.165, 1.54) is 0 Å². The molecular formula is LaLiO8S2. The van der Waals surface area contributed by atoms with Gasteiger partial charge in [0.15, 0.2) is 0 Å². The first-order chi connectivity index (χ1) is 4.00. The first-order valence-corrected chi connectivity index (χ1v) is 4.00. The average molecular weight is 338 g/mol. The molecule has 0 atom stereocenters. The van der Waals surface area contributed by atoms with E-state index in [1.807, 2.05) is 0 Å². The van der Waals surface area contributed by atoms with E-state index in [2.05, 4.69) is 0 Å². The molecule has 0 rings (SSSR count). The molecule has 0 aliphatic carbocycles. The summed E-state index contributed by atoms with van der Waals surface area (Å²) in [7, 11) is -10.3. The molecule has 0 radical (unpaired) electrons. The third kappa shape index (κ3) is 545. The van der Waals surface area contributed by atoms with E-state index in [0.717, 1.165) is 0 Å². The second kappa shape index (κ2) is 9.10. The van der Waals surface area contributed by atoms with Gasteiger partial charge in [-0.3, -0.25) is 16.8 Å². The molecule has 0 aromatic rings. The summed E-state index contributed by atoms with van der Waals surface area (Å²) in [5.74, 6) is 0. The van der Waals surface area contributed by atoms with Gasteiger partial charge in [0.1, 0.15) is 0 Å². The smallest absolute Gasteiger partial charge is 0.759 e. The Hall–Kier alpha value is 1.53. The molecule has 64 valence electrons. The van der Waals surface area contributed by atoms with Crippen molar-refractivity contribution in [3.05, 3.63) is 0 Å². The minimum absolute atomic E-state index is 0. The molecule has 0 unspecified atom stereocenters. The van der Waals surface area contributed by atoms with E-state index in [1.54, 1.807) is 0 Å². The predicted molar refractivity (Wildman–Crippen MR) is 20.9 cm³/mol. The Kier molecular flexibility index (Phi) is 17.7. The maximum Gasteiger partial charge on any atom is 3.00 e. The molecule has 0 amide bonds. The van der Waals surface area contributed by atoms with Crippen molar-refractivity contribution in [1.82, 2.24) is 0 Å². The van der Waals surface area contributed by atoms with Gasteiger partial charge in [-0.2, -0.15) is 0 Å². The van der Waals surface area contributed by atoms with E-state index in [4.69, 9.17) is 35.0 Å². The second-order valence-corrected chi connectivity index (χ2v) is 2.45. The van der Waals surface area contributed by atoms with Crippen LogP contribution in [0.1, 0.15) is 0 Å². The Morgan fingerprint density at radius 3 is 0.667 bits per heavy atom. The van der Waals surface area contributed by atoms with Crippen LogP contribution in [0.15, 0.2) is 0 Å². The second-order valence-electron chi connectivity index (χ2n) is 0.816. The van der Waals surface area contributed by atoms with Crippen LogP contribution in [-0.4, -0.2) is 35.0 Å². The maximum absolute atomic E-state index is 8.52. The third-order valence-corrected chi connectivity index (χ3v) is 0. The molecule has 0 aliphatic rings. The molecule has 0 aliphatic heterocycles. The van der Waals surface area contributed by atoms with Crippen LogP contribution in [0.5, 0.6) is 0 Å². The molecule has 0 saturated heterocycles. The van der Waals surface area contributed by atoms with Crippen LogP contribution >= 0.6 is 0 Å². The van der Waals surface area contributed by atoms with Crippen molar-refractivity contribution in [2.75, 3.05) is 0 Å². The van der Waals surface area contributed by atoms with Crippen molar-refractivity contribution in [2.45, 2.75) is 0 Å². The Morgan fingerprint density at radius 2 is 0.667 bits per heavy atom. The maximum atomic E-state index is 8.52. The SMILES string of the molecule is O=S(=O)([O-])[O-].O=S(=O)([O-])[O-].[La+3].[Li+]. The minimum Gasteiger partial charge on any atom is -0.759 e. The number of hydrogen-bond acceptors (Lipinski definition) is 8. The van der Waals surface area contributed by atoms with Crippen molar-refractivity contribution in [1.29, 1.82) is 0 Å². The summed E-state index contributed by atoms with van der Waals surface area (Å²) in [4.78, 5) is 0. The summed E-state index contributed by atoms with van der Waals surface area (Å²) < 4.78 is 68.2. The monoisotopic (exact) mass is 338 g/mol. The molecule has 0 bridgehead atoms. The summed E-state index contributed by atoms with van der Waals surface area (Å²) >= 11 is 0. The molecule has 0 aromatic carbocycles. The Labute approximate surface area is 109 Å². The van der Waals surface area contributed by atoms with Gasteiger partial charge < -0.3 is 18.2 Å². The van der Waals surface area contributed by atoms with Crippen molar-refractivity contribution < 1.29 is 89.5 Å². The zero-order valence-electron chi connectivity index (χ0n) is 5.66. The van der Waals surface area contributed by atoms with E-state index >= 15 is 0 Å². The van der Waals surface area contributed by atoms with Crippen molar-refractivity contribution in [2.24, 2.45) is 0 Å². The largest absolute Gasteiger partial charge is 3.00 e. The molecule has 0 N–H and O–H groups in total. The molecule has 0 fully saturated rings. The van der Waals surface area contributed by atoms with Crippen molar-refractivity contribution in [3.63, 3.8) is 0 Å². The molecule has 12 heavy (non-hydrogen) atoms. The van der Waals surface area contributed by atoms with Gasteiger partial charge in [-0.1, -0.05) is 0 Å². The summed E-state index contributed by atoms with van der Waals surface area (Å²) in [5.41, 5.74) is 0. The quantitative estimate of drug-likeness (QED) is 0.240. The third-order valence-electron chi connectivity index (χ3n) is 0. The predicted octanol–water partition coefficient (Wildman–Crippen LogP) is -5.67. The number of hydrogen-bond donors (Lipinski definition) is 0. The molecule has 0 spiro atoms. The first kappa shape index (κ1) is 23.4. The van der Waals surface area contributed by atoms with Crippen LogP contribution in [0.2, 0.25) is 0 Å². The first-order valence-electron chi connectivity index (χ1n) is 1.33. The zero-order valence-corrected chi connectivity index (χ0v) is 10.9. The molecule has 8 nitrogen and oxygen atoms in total. The Morgan fingerprint density at radius 1 is 0.667 bits per heavy atom. The van der Waals surface area contributed by atoms with Gasteiger partial charge in [0.2, 0.25) is 0 Å². The minimum atomic E-state index is -5.17. The number of rotatable bonds is 0. The van der Waals surface area contributed by atoms with Crippen LogP contribution < -0.4 is 18.9 Å².